The molecular formula is C28H32N2O2. The third kappa shape index (κ3) is 4.50. The van der Waals surface area contributed by atoms with Gasteiger partial charge in [0, 0.05) is 17.8 Å². The molecule has 1 amide bonds. The van der Waals surface area contributed by atoms with Crippen LogP contribution in [0.15, 0.2) is 78.9 Å². The van der Waals surface area contributed by atoms with Gasteiger partial charge in [0.2, 0.25) is 0 Å². The van der Waals surface area contributed by atoms with Crippen LogP contribution in [0, 0.1) is 0 Å². The molecule has 4 nitrogen and oxygen atoms in total. The summed E-state index contributed by atoms with van der Waals surface area (Å²) in [6.07, 6.45) is 3.89. The zero-order valence-corrected chi connectivity index (χ0v) is 19.0. The molecule has 0 saturated carbocycles. The van der Waals surface area contributed by atoms with Crippen molar-refractivity contribution in [2.75, 3.05) is 18.5 Å². The van der Waals surface area contributed by atoms with Crippen molar-refractivity contribution in [1.29, 1.82) is 0 Å². The van der Waals surface area contributed by atoms with Crippen LogP contribution in [0.25, 0.3) is 0 Å². The van der Waals surface area contributed by atoms with Gasteiger partial charge < -0.3 is 15.0 Å². The molecule has 32 heavy (non-hydrogen) atoms. The van der Waals surface area contributed by atoms with Crippen molar-refractivity contribution < 1.29 is 9.53 Å². The summed E-state index contributed by atoms with van der Waals surface area (Å²) in [6.45, 7) is 5.55. The highest BCUT2D eigenvalue weighted by molar-refractivity contribution is 6.02. The molecule has 1 aliphatic rings. The molecule has 0 saturated heterocycles. The number of nitrogens with zero attached hydrogens (tertiary/aromatic N) is 1. The number of aryl methyl sites for hydroxylation is 1. The molecule has 0 aromatic heterocycles. The summed E-state index contributed by atoms with van der Waals surface area (Å²) in [7, 11) is 0. The van der Waals surface area contributed by atoms with Gasteiger partial charge >= 0.3 is 0 Å². The molecule has 4 heteroatoms. The van der Waals surface area contributed by atoms with Crippen LogP contribution in [-0.2, 0) is 12.1 Å². The van der Waals surface area contributed by atoms with Gasteiger partial charge in [0.05, 0.1) is 12.2 Å². The molecule has 3 aromatic carbocycles. The number of benzene rings is 3. The molecule has 1 heterocycles. The first-order valence-corrected chi connectivity index (χ1v) is 11.6. The van der Waals surface area contributed by atoms with Crippen molar-refractivity contribution in [1.82, 2.24) is 4.90 Å². The summed E-state index contributed by atoms with van der Waals surface area (Å²) < 4.78 is 6.28. The average molecular weight is 429 g/mol. The predicted octanol–water partition coefficient (Wildman–Crippen LogP) is 6.24. The first kappa shape index (κ1) is 21.9. The first-order chi connectivity index (χ1) is 15.6. The molecule has 3 aromatic rings. The minimum absolute atomic E-state index is 0.0641. The van der Waals surface area contributed by atoms with Gasteiger partial charge in [-0.2, -0.15) is 0 Å². The van der Waals surface area contributed by atoms with E-state index in [1.54, 1.807) is 0 Å². The minimum Gasteiger partial charge on any atom is -0.493 e. The molecular weight excluding hydrogens is 396 g/mol. The van der Waals surface area contributed by atoms with Crippen molar-refractivity contribution in [2.24, 2.45) is 0 Å². The lowest BCUT2D eigenvalue weighted by molar-refractivity contribution is 0.0525. The molecule has 0 spiro atoms. The fraction of sp³-hybridized carbons (Fsp3) is 0.321. The van der Waals surface area contributed by atoms with Gasteiger partial charge in [-0.3, -0.25) is 4.79 Å². The Labute approximate surface area is 191 Å². The first-order valence-electron chi connectivity index (χ1n) is 11.6. The van der Waals surface area contributed by atoms with Crippen LogP contribution in [-0.4, -0.2) is 24.0 Å². The van der Waals surface area contributed by atoms with E-state index in [0.717, 1.165) is 48.2 Å². The van der Waals surface area contributed by atoms with Gasteiger partial charge in [0.15, 0.2) is 0 Å². The summed E-state index contributed by atoms with van der Waals surface area (Å²) in [5, 5.41) is 3.66. The van der Waals surface area contributed by atoms with E-state index in [0.29, 0.717) is 13.2 Å². The molecule has 0 radical (unpaired) electrons. The van der Waals surface area contributed by atoms with E-state index in [1.807, 2.05) is 53.4 Å². The van der Waals surface area contributed by atoms with Crippen LogP contribution in [0.3, 0.4) is 0 Å². The van der Waals surface area contributed by atoms with Crippen LogP contribution in [0.5, 0.6) is 5.75 Å². The quantitative estimate of drug-likeness (QED) is 0.410. The highest BCUT2D eigenvalue weighted by atomic mass is 16.5. The van der Waals surface area contributed by atoms with Crippen LogP contribution < -0.4 is 10.1 Å². The SMILES string of the molecule is CCCCN1C(=O)c2ccccc2NC1(C)c1ccccc1OCCCc1ccccc1. The van der Waals surface area contributed by atoms with Gasteiger partial charge in [0.25, 0.3) is 5.91 Å². The summed E-state index contributed by atoms with van der Waals surface area (Å²) in [4.78, 5) is 15.4. The molecule has 4 rings (SSSR count). The summed E-state index contributed by atoms with van der Waals surface area (Å²) in [5.41, 5.74) is 3.21. The maximum absolute atomic E-state index is 13.5. The van der Waals surface area contributed by atoms with Gasteiger partial charge in [-0.05, 0) is 49.9 Å². The number of para-hydroxylation sites is 2. The summed E-state index contributed by atoms with van der Waals surface area (Å²) in [6, 6.07) is 26.3. The topological polar surface area (TPSA) is 41.6 Å². The smallest absolute Gasteiger partial charge is 0.258 e. The van der Waals surface area contributed by atoms with Crippen molar-refractivity contribution in [3.63, 3.8) is 0 Å². The number of carbonyl (C=O) groups is 1. The minimum atomic E-state index is -0.684. The van der Waals surface area contributed by atoms with E-state index in [4.69, 9.17) is 4.74 Å². The Bertz CT molecular complexity index is 1050. The maximum Gasteiger partial charge on any atom is 0.258 e. The lowest BCUT2D eigenvalue weighted by atomic mass is 9.92. The van der Waals surface area contributed by atoms with E-state index in [1.165, 1.54) is 5.56 Å². The van der Waals surface area contributed by atoms with Crippen molar-refractivity contribution in [2.45, 2.75) is 45.2 Å². The van der Waals surface area contributed by atoms with Gasteiger partial charge in [0.1, 0.15) is 11.4 Å². The normalized spacial score (nSPS) is 17.6. The molecule has 1 aliphatic heterocycles. The van der Waals surface area contributed by atoms with Crippen molar-refractivity contribution in [3.8, 4) is 5.75 Å². The Kier molecular flexibility index (Phi) is 6.79. The van der Waals surface area contributed by atoms with Gasteiger partial charge in [-0.1, -0.05) is 74.0 Å². The highest BCUT2D eigenvalue weighted by Crippen LogP contribution is 2.41. The average Bonchev–Trinajstić information content (AvgIpc) is 2.83. The molecule has 1 N–H and O–H groups in total. The van der Waals surface area contributed by atoms with E-state index >= 15 is 0 Å². The second-order valence-electron chi connectivity index (χ2n) is 8.49. The number of ether oxygens (including phenoxy) is 1. The van der Waals surface area contributed by atoms with Crippen LogP contribution in [0.1, 0.15) is 54.6 Å². The Morgan fingerprint density at radius 1 is 0.906 bits per heavy atom. The fourth-order valence-corrected chi connectivity index (χ4v) is 4.41. The van der Waals surface area contributed by atoms with Crippen LogP contribution in [0.4, 0.5) is 5.69 Å². The van der Waals surface area contributed by atoms with Crippen molar-refractivity contribution >= 4 is 11.6 Å². The monoisotopic (exact) mass is 428 g/mol. The molecule has 1 atom stereocenters. The third-order valence-corrected chi connectivity index (χ3v) is 6.18. The standard InChI is InChI=1S/C28H32N2O2/c1-3-4-20-30-27(31)23-16-8-10-18-25(23)29-28(30,2)24-17-9-11-19-26(24)32-21-12-15-22-13-6-5-7-14-22/h5-11,13-14,16-19,29H,3-4,12,15,20-21H2,1-2H3. The Morgan fingerprint density at radius 2 is 1.62 bits per heavy atom. The van der Waals surface area contributed by atoms with E-state index in [2.05, 4.69) is 49.5 Å². The number of rotatable bonds is 9. The van der Waals surface area contributed by atoms with Crippen molar-refractivity contribution in [3.05, 3.63) is 95.6 Å². The third-order valence-electron chi connectivity index (χ3n) is 6.18. The number of fused-ring (bicyclic) bond motifs is 1. The number of nitrogens with one attached hydrogen (secondary N) is 1. The highest BCUT2D eigenvalue weighted by Gasteiger charge is 2.43. The number of unbranched alkanes of at least 4 members (excludes halogenated alkanes) is 1. The molecule has 0 aliphatic carbocycles. The Balaban J connectivity index is 1.58. The van der Waals surface area contributed by atoms with E-state index in [-0.39, 0.29) is 5.91 Å². The zero-order chi connectivity index (χ0) is 22.4. The number of amides is 1. The van der Waals surface area contributed by atoms with E-state index in [9.17, 15) is 4.79 Å². The number of carbonyl (C=O) groups excluding carboxylic acids is 1. The summed E-state index contributed by atoms with van der Waals surface area (Å²) in [5.74, 6) is 0.887. The van der Waals surface area contributed by atoms with Crippen LogP contribution in [0.2, 0.25) is 0 Å². The fourth-order valence-electron chi connectivity index (χ4n) is 4.41. The lowest BCUT2D eigenvalue weighted by Crippen LogP contribution is -2.56. The molecule has 0 bridgehead atoms. The number of hydrogen-bond acceptors (Lipinski definition) is 3. The number of anilines is 1. The summed E-state index contributed by atoms with van der Waals surface area (Å²) >= 11 is 0. The van der Waals surface area contributed by atoms with E-state index < -0.39 is 5.66 Å². The second-order valence-corrected chi connectivity index (χ2v) is 8.49. The van der Waals surface area contributed by atoms with Crippen LogP contribution >= 0.6 is 0 Å². The molecule has 166 valence electrons. The molecule has 0 fully saturated rings. The molecule has 1 unspecified atom stereocenters. The largest absolute Gasteiger partial charge is 0.493 e. The van der Waals surface area contributed by atoms with Gasteiger partial charge in [-0.25, -0.2) is 0 Å². The second kappa shape index (κ2) is 9.90. The zero-order valence-electron chi connectivity index (χ0n) is 19.0. The number of hydrogen-bond donors (Lipinski definition) is 1. The maximum atomic E-state index is 13.5. The Morgan fingerprint density at radius 3 is 2.44 bits per heavy atom. The predicted molar refractivity (Wildman–Crippen MR) is 130 cm³/mol. The van der Waals surface area contributed by atoms with Gasteiger partial charge in [-0.15, -0.1) is 0 Å². The Hall–Kier alpha value is -3.27. The lowest BCUT2D eigenvalue weighted by Gasteiger charge is -2.47.